The van der Waals surface area contributed by atoms with Crippen molar-refractivity contribution < 1.29 is 28.6 Å². The fourth-order valence-electron chi connectivity index (χ4n) is 7.83. The first kappa shape index (κ1) is 63.8. The molecule has 0 N–H and O–H groups in total. The molecule has 386 valence electrons. The van der Waals surface area contributed by atoms with Gasteiger partial charge in [-0.15, -0.1) is 0 Å². The van der Waals surface area contributed by atoms with Crippen molar-refractivity contribution in [2.45, 2.75) is 284 Å². The Morgan fingerprint density at radius 1 is 0.299 bits per heavy atom. The second-order valence-electron chi connectivity index (χ2n) is 18.8. The van der Waals surface area contributed by atoms with Crippen molar-refractivity contribution in [3.63, 3.8) is 0 Å². The second-order valence-corrected chi connectivity index (χ2v) is 18.8. The number of rotatable bonds is 51. The lowest BCUT2D eigenvalue weighted by Gasteiger charge is -2.18. The van der Waals surface area contributed by atoms with Crippen LogP contribution >= 0.6 is 0 Å². The van der Waals surface area contributed by atoms with Crippen molar-refractivity contribution in [2.24, 2.45) is 0 Å². The van der Waals surface area contributed by atoms with Gasteiger partial charge >= 0.3 is 17.9 Å². The van der Waals surface area contributed by atoms with Crippen LogP contribution < -0.4 is 0 Å². The van der Waals surface area contributed by atoms with Gasteiger partial charge in [-0.3, -0.25) is 14.4 Å². The number of ether oxygens (including phenoxy) is 3. The SMILES string of the molecule is CCCCC/C=C\C/C=C\C/C=C\C/C=C\CCCCCC(=O)OC[C@@H](COC(=O)CCCCCCC/C=C\CCCCCC)OC(=O)CCCCCCCCC/C=C\CCCCCCCC. The largest absolute Gasteiger partial charge is 0.462 e. The summed E-state index contributed by atoms with van der Waals surface area (Å²) in [5.74, 6) is -0.929. The number of carbonyl (C=O) groups is 3. The predicted molar refractivity (Wildman–Crippen MR) is 288 cm³/mol. The third kappa shape index (κ3) is 53.7. The van der Waals surface area contributed by atoms with Gasteiger partial charge in [0.05, 0.1) is 0 Å². The minimum absolute atomic E-state index is 0.0913. The van der Waals surface area contributed by atoms with Gasteiger partial charge in [0.25, 0.3) is 0 Å². The molecule has 0 fully saturated rings. The maximum atomic E-state index is 12.8. The third-order valence-electron chi connectivity index (χ3n) is 12.2. The zero-order valence-corrected chi connectivity index (χ0v) is 44.2. The van der Waals surface area contributed by atoms with Crippen LogP contribution in [0.5, 0.6) is 0 Å². The summed E-state index contributed by atoms with van der Waals surface area (Å²) in [6, 6.07) is 0. The van der Waals surface area contributed by atoms with Gasteiger partial charge in [-0.25, -0.2) is 0 Å². The monoisotopic (exact) mass is 935 g/mol. The molecule has 0 amide bonds. The van der Waals surface area contributed by atoms with Crippen LogP contribution in [0.1, 0.15) is 278 Å². The first-order valence-electron chi connectivity index (χ1n) is 28.4. The second kappa shape index (κ2) is 55.4. The highest BCUT2D eigenvalue weighted by molar-refractivity contribution is 5.71. The first-order valence-corrected chi connectivity index (χ1v) is 28.4. The number of carbonyl (C=O) groups excluding carboxylic acids is 3. The number of allylic oxidation sites excluding steroid dienone is 12. The topological polar surface area (TPSA) is 78.9 Å². The highest BCUT2D eigenvalue weighted by atomic mass is 16.6. The Bertz CT molecular complexity index is 1260. The molecular weight excluding hydrogens is 829 g/mol. The molecule has 0 heterocycles. The van der Waals surface area contributed by atoms with E-state index < -0.39 is 6.10 Å². The molecule has 0 unspecified atom stereocenters. The third-order valence-corrected chi connectivity index (χ3v) is 12.2. The van der Waals surface area contributed by atoms with E-state index in [-0.39, 0.29) is 31.1 Å². The molecule has 6 nitrogen and oxygen atoms in total. The summed E-state index contributed by atoms with van der Waals surface area (Å²) >= 11 is 0. The summed E-state index contributed by atoms with van der Waals surface area (Å²) in [5, 5.41) is 0. The molecule has 67 heavy (non-hydrogen) atoms. The van der Waals surface area contributed by atoms with E-state index in [1.807, 2.05) is 0 Å². The molecule has 0 saturated carbocycles. The number of hydrogen-bond donors (Lipinski definition) is 0. The van der Waals surface area contributed by atoms with E-state index in [9.17, 15) is 14.4 Å². The van der Waals surface area contributed by atoms with E-state index in [1.165, 1.54) is 148 Å². The molecule has 0 aliphatic heterocycles. The predicted octanol–water partition coefficient (Wildman–Crippen LogP) is 19.0. The lowest BCUT2D eigenvalue weighted by molar-refractivity contribution is -0.167. The summed E-state index contributed by atoms with van der Waals surface area (Å²) in [7, 11) is 0. The lowest BCUT2D eigenvalue weighted by atomic mass is 10.1. The molecule has 0 aromatic carbocycles. The Hall–Kier alpha value is -3.15. The van der Waals surface area contributed by atoms with E-state index in [2.05, 4.69) is 93.7 Å². The molecule has 1 atom stereocenters. The molecule has 0 aliphatic rings. The van der Waals surface area contributed by atoms with Crippen molar-refractivity contribution in [1.82, 2.24) is 0 Å². The Morgan fingerprint density at radius 3 is 0.910 bits per heavy atom. The van der Waals surface area contributed by atoms with Crippen LogP contribution in [0.3, 0.4) is 0 Å². The van der Waals surface area contributed by atoms with Gasteiger partial charge < -0.3 is 14.2 Å². The lowest BCUT2D eigenvalue weighted by Crippen LogP contribution is -2.30. The van der Waals surface area contributed by atoms with Gasteiger partial charge in [-0.1, -0.05) is 216 Å². The summed E-state index contributed by atoms with van der Waals surface area (Å²) in [6.45, 7) is 6.57. The Balaban J connectivity index is 4.44. The maximum absolute atomic E-state index is 12.8. The summed E-state index contributed by atoms with van der Waals surface area (Å²) < 4.78 is 16.8. The molecule has 0 radical (unpaired) electrons. The number of esters is 3. The smallest absolute Gasteiger partial charge is 0.306 e. The maximum Gasteiger partial charge on any atom is 0.306 e. The molecule has 0 aromatic heterocycles. The van der Waals surface area contributed by atoms with Gasteiger partial charge in [0.2, 0.25) is 0 Å². The van der Waals surface area contributed by atoms with Gasteiger partial charge in [-0.05, 0) is 116 Å². The number of hydrogen-bond acceptors (Lipinski definition) is 6. The minimum Gasteiger partial charge on any atom is -0.462 e. The van der Waals surface area contributed by atoms with Crippen LogP contribution in [0.2, 0.25) is 0 Å². The average molecular weight is 936 g/mol. The van der Waals surface area contributed by atoms with Crippen LogP contribution in [-0.2, 0) is 28.6 Å². The normalized spacial score (nSPS) is 12.6. The Kier molecular flexibility index (Phi) is 52.8. The standard InChI is InChI=1S/C61H106O6/c1-4-7-10-13-16-19-22-25-27-29-30-32-33-36-39-42-45-48-51-54-60(63)66-57-58(56-65-59(62)53-50-47-44-41-38-35-24-21-18-15-12-9-6-3)67-61(64)55-52-49-46-43-40-37-34-31-28-26-23-20-17-14-11-8-5-2/h16,19,21,24-28,30,32,36,39,58H,4-15,17-18,20,22-23,29,31,33-35,37-38,40-57H2,1-3H3/b19-16-,24-21-,27-25-,28-26-,32-30-,39-36-/t58-/m1/s1. The summed E-state index contributed by atoms with van der Waals surface area (Å²) in [4.78, 5) is 38.1. The zero-order valence-electron chi connectivity index (χ0n) is 44.2. The van der Waals surface area contributed by atoms with E-state index in [4.69, 9.17) is 14.2 Å². The molecule has 0 rings (SSSR count). The van der Waals surface area contributed by atoms with E-state index in [1.54, 1.807) is 0 Å². The molecule has 0 saturated heterocycles. The van der Waals surface area contributed by atoms with Crippen molar-refractivity contribution in [3.8, 4) is 0 Å². The fraction of sp³-hybridized carbons (Fsp3) is 0.754. The van der Waals surface area contributed by atoms with Crippen molar-refractivity contribution in [2.75, 3.05) is 13.2 Å². The quantitative estimate of drug-likeness (QED) is 0.0262. The van der Waals surface area contributed by atoms with Gasteiger partial charge in [0.15, 0.2) is 6.10 Å². The average Bonchev–Trinajstić information content (AvgIpc) is 3.33. The van der Waals surface area contributed by atoms with Crippen LogP contribution in [0.25, 0.3) is 0 Å². The van der Waals surface area contributed by atoms with Gasteiger partial charge in [0.1, 0.15) is 13.2 Å². The van der Waals surface area contributed by atoms with Crippen molar-refractivity contribution >= 4 is 17.9 Å². The number of unbranched alkanes of at least 4 members (excludes halogenated alkanes) is 28. The highest BCUT2D eigenvalue weighted by Crippen LogP contribution is 2.14. The molecular formula is C61H106O6. The van der Waals surface area contributed by atoms with Gasteiger partial charge in [-0.2, -0.15) is 0 Å². The zero-order chi connectivity index (χ0) is 48.6. The minimum atomic E-state index is -0.794. The molecule has 0 aliphatic carbocycles. The molecule has 0 aromatic rings. The first-order chi connectivity index (χ1) is 33.0. The Morgan fingerprint density at radius 2 is 0.537 bits per heavy atom. The highest BCUT2D eigenvalue weighted by Gasteiger charge is 2.19. The van der Waals surface area contributed by atoms with Crippen molar-refractivity contribution in [3.05, 3.63) is 72.9 Å². The van der Waals surface area contributed by atoms with E-state index in [0.717, 1.165) is 89.9 Å². The van der Waals surface area contributed by atoms with Crippen LogP contribution in [0.4, 0.5) is 0 Å². The van der Waals surface area contributed by atoms with E-state index in [0.29, 0.717) is 19.3 Å². The van der Waals surface area contributed by atoms with Gasteiger partial charge in [0, 0.05) is 19.3 Å². The van der Waals surface area contributed by atoms with Crippen LogP contribution in [-0.4, -0.2) is 37.2 Å². The fourth-order valence-corrected chi connectivity index (χ4v) is 7.83. The molecule has 6 heteroatoms. The molecule has 0 spiro atoms. The summed E-state index contributed by atoms with van der Waals surface area (Å²) in [5.41, 5.74) is 0. The Labute approximate surface area is 414 Å². The molecule has 0 bridgehead atoms. The summed E-state index contributed by atoms with van der Waals surface area (Å²) in [6.07, 6.45) is 70.3. The van der Waals surface area contributed by atoms with Crippen LogP contribution in [0.15, 0.2) is 72.9 Å². The van der Waals surface area contributed by atoms with E-state index >= 15 is 0 Å². The van der Waals surface area contributed by atoms with Crippen molar-refractivity contribution in [1.29, 1.82) is 0 Å². The van der Waals surface area contributed by atoms with Crippen LogP contribution in [0, 0.1) is 0 Å².